The van der Waals surface area contributed by atoms with Crippen LogP contribution in [-0.2, 0) is 18.3 Å². The third-order valence-corrected chi connectivity index (χ3v) is 1.72. The van der Waals surface area contributed by atoms with Gasteiger partial charge in [-0.2, -0.15) is 5.10 Å². The Labute approximate surface area is 71.6 Å². The quantitative estimate of drug-likeness (QED) is 0.674. The molecule has 1 aromatic rings. The molecule has 0 atom stereocenters. The maximum Gasteiger partial charge on any atom is 0.225 e. The molecule has 0 bridgehead atoms. The zero-order chi connectivity index (χ0) is 9.14. The molecule has 1 amide bonds. The van der Waals surface area contributed by atoms with Crippen LogP contribution in [0.5, 0.6) is 0 Å². The van der Waals surface area contributed by atoms with E-state index in [2.05, 4.69) is 10.4 Å². The molecule has 0 radical (unpaired) electrons. The molecule has 0 saturated heterocycles. The lowest BCUT2D eigenvalue weighted by atomic mass is 10.3. The molecule has 0 unspecified atom stereocenters. The number of carbonyl (C=O) groups excluding carboxylic acids is 1. The minimum atomic E-state index is 0.0120. The molecule has 12 heavy (non-hydrogen) atoms. The lowest BCUT2D eigenvalue weighted by Crippen LogP contribution is -2.21. The summed E-state index contributed by atoms with van der Waals surface area (Å²) in [7, 11) is 3.47. The van der Waals surface area contributed by atoms with Gasteiger partial charge < -0.3 is 5.32 Å². The highest BCUT2D eigenvalue weighted by atomic mass is 16.1. The molecule has 1 heterocycles. The average Bonchev–Trinajstić information content (AvgIpc) is 2.30. The highest BCUT2D eigenvalue weighted by Gasteiger charge is 2.05. The van der Waals surface area contributed by atoms with Crippen LogP contribution in [0, 0.1) is 6.92 Å². The molecule has 1 N–H and O–H groups in total. The molecule has 4 heteroatoms. The molecular weight excluding hydrogens is 154 g/mol. The molecule has 0 aromatic carbocycles. The van der Waals surface area contributed by atoms with Gasteiger partial charge in [0, 0.05) is 19.8 Å². The van der Waals surface area contributed by atoms with Crippen LogP contribution in [0.1, 0.15) is 11.4 Å². The van der Waals surface area contributed by atoms with E-state index < -0.39 is 0 Å². The molecule has 0 aliphatic rings. The molecule has 66 valence electrons. The second-order valence-electron chi connectivity index (χ2n) is 2.75. The average molecular weight is 167 g/mol. The molecule has 0 aliphatic heterocycles. The number of nitrogens with zero attached hydrogens (tertiary/aromatic N) is 2. The normalized spacial score (nSPS) is 9.92. The van der Waals surface area contributed by atoms with Crippen LogP contribution in [0.4, 0.5) is 0 Å². The fourth-order valence-corrected chi connectivity index (χ4v) is 1.08. The van der Waals surface area contributed by atoms with Crippen molar-refractivity contribution in [1.82, 2.24) is 15.1 Å². The van der Waals surface area contributed by atoms with E-state index in [1.165, 1.54) is 0 Å². The predicted octanol–water partition coefficient (Wildman–Crippen LogP) is 0.0170. The van der Waals surface area contributed by atoms with Crippen molar-refractivity contribution in [3.05, 3.63) is 17.5 Å². The SMILES string of the molecule is CNC(=O)Cc1cc(C)nn1C. The lowest BCUT2D eigenvalue weighted by molar-refractivity contribution is -0.120. The summed E-state index contributed by atoms with van der Waals surface area (Å²) in [5.41, 5.74) is 1.88. The van der Waals surface area contributed by atoms with Crippen LogP contribution < -0.4 is 5.32 Å². The number of carbonyl (C=O) groups is 1. The minimum absolute atomic E-state index is 0.0120. The van der Waals surface area contributed by atoms with Gasteiger partial charge in [-0.15, -0.1) is 0 Å². The van der Waals surface area contributed by atoms with Crippen LogP contribution in [0.25, 0.3) is 0 Å². The number of aromatic nitrogens is 2. The molecule has 1 rings (SSSR count). The minimum Gasteiger partial charge on any atom is -0.359 e. The highest BCUT2D eigenvalue weighted by molar-refractivity contribution is 5.77. The van der Waals surface area contributed by atoms with E-state index in [0.29, 0.717) is 6.42 Å². The van der Waals surface area contributed by atoms with Crippen molar-refractivity contribution < 1.29 is 4.79 Å². The standard InChI is InChI=1S/C8H13N3O/c1-6-4-7(11(3)10-6)5-8(12)9-2/h4H,5H2,1-3H3,(H,9,12). The second kappa shape index (κ2) is 3.38. The topological polar surface area (TPSA) is 46.9 Å². The van der Waals surface area contributed by atoms with Gasteiger partial charge in [0.2, 0.25) is 5.91 Å². The first-order chi connectivity index (χ1) is 5.63. The van der Waals surface area contributed by atoms with E-state index in [1.807, 2.05) is 20.0 Å². The Hall–Kier alpha value is -1.32. The summed E-state index contributed by atoms with van der Waals surface area (Å²) in [6.45, 7) is 1.91. The fraction of sp³-hybridized carbons (Fsp3) is 0.500. The van der Waals surface area contributed by atoms with Crippen molar-refractivity contribution in [2.75, 3.05) is 7.05 Å². The van der Waals surface area contributed by atoms with Crippen molar-refractivity contribution in [3.8, 4) is 0 Å². The highest BCUT2D eigenvalue weighted by Crippen LogP contribution is 2.01. The lowest BCUT2D eigenvalue weighted by Gasteiger charge is -1.99. The summed E-state index contributed by atoms with van der Waals surface area (Å²) >= 11 is 0. The van der Waals surface area contributed by atoms with Crippen LogP contribution >= 0.6 is 0 Å². The van der Waals surface area contributed by atoms with Gasteiger partial charge in [0.1, 0.15) is 0 Å². The van der Waals surface area contributed by atoms with Gasteiger partial charge in [-0.1, -0.05) is 0 Å². The summed E-state index contributed by atoms with van der Waals surface area (Å²) in [6.07, 6.45) is 0.397. The third kappa shape index (κ3) is 1.84. The summed E-state index contributed by atoms with van der Waals surface area (Å²) in [6, 6.07) is 1.91. The first-order valence-corrected chi connectivity index (χ1v) is 3.83. The van der Waals surface area contributed by atoms with Crippen molar-refractivity contribution in [1.29, 1.82) is 0 Å². The largest absolute Gasteiger partial charge is 0.359 e. The molecule has 0 spiro atoms. The van der Waals surface area contributed by atoms with Gasteiger partial charge >= 0.3 is 0 Å². The molecule has 0 saturated carbocycles. The summed E-state index contributed by atoms with van der Waals surface area (Å²) in [4.78, 5) is 11.0. The van der Waals surface area contributed by atoms with Gasteiger partial charge in [-0.25, -0.2) is 0 Å². The monoisotopic (exact) mass is 167 g/mol. The summed E-state index contributed by atoms with van der Waals surface area (Å²) in [5, 5.41) is 6.70. The van der Waals surface area contributed by atoms with Gasteiger partial charge in [-0.05, 0) is 13.0 Å². The zero-order valence-electron chi connectivity index (χ0n) is 7.59. The maximum atomic E-state index is 11.0. The summed E-state index contributed by atoms with van der Waals surface area (Å²) in [5.74, 6) is 0.0120. The van der Waals surface area contributed by atoms with Crippen LogP contribution in [0.2, 0.25) is 0 Å². The number of amides is 1. The number of aryl methyl sites for hydroxylation is 2. The summed E-state index contributed by atoms with van der Waals surface area (Å²) < 4.78 is 1.73. The molecule has 0 aliphatic carbocycles. The molecular formula is C8H13N3O. The Morgan fingerprint density at radius 1 is 1.75 bits per heavy atom. The Morgan fingerprint density at radius 3 is 2.83 bits per heavy atom. The molecule has 4 nitrogen and oxygen atoms in total. The van der Waals surface area contributed by atoms with E-state index in [0.717, 1.165) is 11.4 Å². The predicted molar refractivity (Wildman–Crippen MR) is 45.7 cm³/mol. The van der Waals surface area contributed by atoms with E-state index in [9.17, 15) is 4.79 Å². The van der Waals surface area contributed by atoms with Crippen molar-refractivity contribution in [2.24, 2.45) is 7.05 Å². The van der Waals surface area contributed by atoms with E-state index in [4.69, 9.17) is 0 Å². The third-order valence-electron chi connectivity index (χ3n) is 1.72. The Bertz CT molecular complexity index is 290. The first-order valence-electron chi connectivity index (χ1n) is 3.83. The van der Waals surface area contributed by atoms with Crippen LogP contribution in [0.15, 0.2) is 6.07 Å². The second-order valence-corrected chi connectivity index (χ2v) is 2.75. The van der Waals surface area contributed by atoms with Crippen molar-refractivity contribution >= 4 is 5.91 Å². The molecule has 0 fully saturated rings. The first kappa shape index (κ1) is 8.77. The number of nitrogens with one attached hydrogen (secondary N) is 1. The van der Waals surface area contributed by atoms with E-state index in [-0.39, 0.29) is 5.91 Å². The molecule has 1 aromatic heterocycles. The number of rotatable bonds is 2. The Morgan fingerprint density at radius 2 is 2.42 bits per heavy atom. The maximum absolute atomic E-state index is 11.0. The number of hydrogen-bond acceptors (Lipinski definition) is 2. The van der Waals surface area contributed by atoms with Gasteiger partial charge in [0.25, 0.3) is 0 Å². The van der Waals surface area contributed by atoms with Gasteiger partial charge in [0.15, 0.2) is 0 Å². The van der Waals surface area contributed by atoms with Gasteiger partial charge in [-0.3, -0.25) is 9.48 Å². The Kier molecular flexibility index (Phi) is 2.47. The number of hydrogen-bond donors (Lipinski definition) is 1. The van der Waals surface area contributed by atoms with E-state index >= 15 is 0 Å². The smallest absolute Gasteiger partial charge is 0.225 e. The van der Waals surface area contributed by atoms with Crippen molar-refractivity contribution in [2.45, 2.75) is 13.3 Å². The van der Waals surface area contributed by atoms with Crippen molar-refractivity contribution in [3.63, 3.8) is 0 Å². The fourth-order valence-electron chi connectivity index (χ4n) is 1.08. The van der Waals surface area contributed by atoms with Crippen LogP contribution in [-0.4, -0.2) is 22.7 Å². The number of likely N-dealkylation sites (N-methyl/N-ethyl adjacent to an activating group) is 1. The van der Waals surface area contributed by atoms with Crippen LogP contribution in [0.3, 0.4) is 0 Å². The Balaban J connectivity index is 2.75. The van der Waals surface area contributed by atoms with E-state index in [1.54, 1.807) is 11.7 Å². The van der Waals surface area contributed by atoms with Gasteiger partial charge in [0.05, 0.1) is 12.1 Å². The zero-order valence-corrected chi connectivity index (χ0v) is 7.59.